The Labute approximate surface area is 124 Å². The highest BCUT2D eigenvalue weighted by Crippen LogP contribution is 2.24. The van der Waals surface area contributed by atoms with E-state index in [1.165, 1.54) is 12.1 Å². The van der Waals surface area contributed by atoms with Gasteiger partial charge in [0.25, 0.3) is 0 Å². The van der Waals surface area contributed by atoms with Crippen molar-refractivity contribution in [2.24, 2.45) is 5.73 Å². The molecule has 0 bridgehead atoms. The summed E-state index contributed by atoms with van der Waals surface area (Å²) in [5.74, 6) is -0.816. The van der Waals surface area contributed by atoms with Gasteiger partial charge in [0.1, 0.15) is 0 Å². The van der Waals surface area contributed by atoms with Gasteiger partial charge >= 0.3 is 0 Å². The Hall–Kier alpha value is -1.00. The largest absolute Gasteiger partial charge is 0.390 e. The molecular formula is C12H18N2O5S2. The number of benzene rings is 1. The van der Waals surface area contributed by atoms with Crippen LogP contribution in [0.15, 0.2) is 35.2 Å². The molecule has 2 atom stereocenters. The maximum absolute atomic E-state index is 12.6. The van der Waals surface area contributed by atoms with Gasteiger partial charge in [-0.15, -0.1) is 0 Å². The van der Waals surface area contributed by atoms with Crippen LogP contribution in [0.25, 0.3) is 0 Å². The van der Waals surface area contributed by atoms with E-state index in [4.69, 9.17) is 5.73 Å². The summed E-state index contributed by atoms with van der Waals surface area (Å²) in [6, 6.07) is 6.69. The van der Waals surface area contributed by atoms with Crippen molar-refractivity contribution in [2.75, 3.05) is 24.6 Å². The lowest BCUT2D eigenvalue weighted by molar-refractivity contribution is 0.129. The lowest BCUT2D eigenvalue weighted by Gasteiger charge is -2.28. The molecule has 3 N–H and O–H groups in total. The zero-order valence-corrected chi connectivity index (χ0v) is 12.9. The van der Waals surface area contributed by atoms with Crippen LogP contribution in [-0.4, -0.2) is 63.0 Å². The van der Waals surface area contributed by atoms with Gasteiger partial charge in [0.2, 0.25) is 10.0 Å². The molecule has 0 spiro atoms. The molecule has 2 rings (SSSR count). The fourth-order valence-corrected chi connectivity index (χ4v) is 5.99. The molecule has 7 nitrogen and oxygen atoms in total. The number of aliphatic hydroxyl groups excluding tert-OH is 1. The fraction of sp³-hybridized carbons (Fsp3) is 0.500. The van der Waals surface area contributed by atoms with Crippen molar-refractivity contribution in [1.29, 1.82) is 0 Å². The minimum atomic E-state index is -3.90. The smallest absolute Gasteiger partial charge is 0.243 e. The lowest BCUT2D eigenvalue weighted by atomic mass is 10.2. The number of nitrogens with two attached hydrogens (primary N) is 1. The summed E-state index contributed by atoms with van der Waals surface area (Å²) < 4.78 is 49.5. The van der Waals surface area contributed by atoms with E-state index in [9.17, 15) is 21.9 Å². The van der Waals surface area contributed by atoms with Crippen molar-refractivity contribution in [3.8, 4) is 0 Å². The Bertz CT molecular complexity index is 688. The first kappa shape index (κ1) is 16.4. The number of sulfone groups is 1. The Morgan fingerprint density at radius 2 is 1.86 bits per heavy atom. The molecule has 0 radical (unpaired) electrons. The number of sulfonamides is 1. The summed E-state index contributed by atoms with van der Waals surface area (Å²) in [5.41, 5.74) is 5.45. The van der Waals surface area contributed by atoms with E-state index in [1.807, 2.05) is 0 Å². The first-order valence-electron chi connectivity index (χ1n) is 6.43. The normalized spacial score (nSPS) is 25.3. The highest BCUT2D eigenvalue weighted by atomic mass is 32.2. The maximum atomic E-state index is 12.6. The molecule has 1 aliphatic heterocycles. The second kappa shape index (κ2) is 6.01. The summed E-state index contributed by atoms with van der Waals surface area (Å²) in [7, 11) is -7.35. The van der Waals surface area contributed by atoms with Gasteiger partial charge in [-0.2, -0.15) is 4.31 Å². The van der Waals surface area contributed by atoms with E-state index >= 15 is 0 Å². The highest BCUT2D eigenvalue weighted by Gasteiger charge is 2.44. The SMILES string of the molecule is NCCN([C@H]1CS(=O)(=O)C[C@H]1O)S(=O)(=O)c1ccccc1. The van der Waals surface area contributed by atoms with Gasteiger partial charge in [-0.05, 0) is 12.1 Å². The molecule has 0 aromatic heterocycles. The van der Waals surface area contributed by atoms with Crippen molar-refractivity contribution in [1.82, 2.24) is 4.31 Å². The fourth-order valence-electron chi connectivity index (χ4n) is 2.40. The second-order valence-corrected chi connectivity index (χ2v) is 8.97. The topological polar surface area (TPSA) is 118 Å². The molecular weight excluding hydrogens is 316 g/mol. The first-order valence-corrected chi connectivity index (χ1v) is 9.69. The van der Waals surface area contributed by atoms with Gasteiger partial charge in [0.15, 0.2) is 9.84 Å². The molecule has 1 aromatic carbocycles. The summed E-state index contributed by atoms with van der Waals surface area (Å²) in [4.78, 5) is 0.0509. The lowest BCUT2D eigenvalue weighted by Crippen LogP contribution is -2.48. The third kappa shape index (κ3) is 3.43. The van der Waals surface area contributed by atoms with Crippen molar-refractivity contribution >= 4 is 19.9 Å². The summed E-state index contributed by atoms with van der Waals surface area (Å²) >= 11 is 0. The van der Waals surface area contributed by atoms with Crippen molar-refractivity contribution < 1.29 is 21.9 Å². The maximum Gasteiger partial charge on any atom is 0.243 e. The van der Waals surface area contributed by atoms with Gasteiger partial charge in [-0.25, -0.2) is 16.8 Å². The number of hydrogen-bond acceptors (Lipinski definition) is 6. The van der Waals surface area contributed by atoms with E-state index in [1.54, 1.807) is 18.2 Å². The van der Waals surface area contributed by atoms with Crippen LogP contribution in [0.5, 0.6) is 0 Å². The van der Waals surface area contributed by atoms with Crippen LogP contribution in [0.1, 0.15) is 0 Å². The molecule has 0 amide bonds. The van der Waals surface area contributed by atoms with E-state index in [-0.39, 0.29) is 23.7 Å². The number of hydrogen-bond donors (Lipinski definition) is 2. The Kier molecular flexibility index (Phi) is 4.69. The number of aliphatic hydroxyl groups is 1. The number of nitrogens with zero attached hydrogens (tertiary/aromatic N) is 1. The number of rotatable bonds is 5. The van der Waals surface area contributed by atoms with Crippen LogP contribution in [0, 0.1) is 0 Å². The average molecular weight is 334 g/mol. The van der Waals surface area contributed by atoms with Gasteiger partial charge in [-0.1, -0.05) is 18.2 Å². The summed E-state index contributed by atoms with van der Waals surface area (Å²) in [5, 5.41) is 9.91. The molecule has 21 heavy (non-hydrogen) atoms. The van der Waals surface area contributed by atoms with E-state index in [0.29, 0.717) is 0 Å². The molecule has 1 fully saturated rings. The van der Waals surface area contributed by atoms with Crippen LogP contribution < -0.4 is 5.73 Å². The molecule has 0 saturated carbocycles. The quantitative estimate of drug-likeness (QED) is 0.698. The van der Waals surface area contributed by atoms with Crippen LogP contribution in [-0.2, 0) is 19.9 Å². The second-order valence-electron chi connectivity index (χ2n) is 4.93. The average Bonchev–Trinajstić information content (AvgIpc) is 2.70. The monoisotopic (exact) mass is 334 g/mol. The van der Waals surface area contributed by atoms with Gasteiger partial charge < -0.3 is 10.8 Å². The Morgan fingerprint density at radius 1 is 1.24 bits per heavy atom. The molecule has 1 saturated heterocycles. The first-order chi connectivity index (χ1) is 9.78. The Balaban J connectivity index is 2.40. The predicted molar refractivity (Wildman–Crippen MR) is 77.8 cm³/mol. The van der Waals surface area contributed by atoms with Gasteiger partial charge in [0.05, 0.1) is 28.5 Å². The highest BCUT2D eigenvalue weighted by molar-refractivity contribution is 7.92. The summed E-state index contributed by atoms with van der Waals surface area (Å²) in [6.07, 6.45) is -1.24. The van der Waals surface area contributed by atoms with Gasteiger partial charge in [-0.3, -0.25) is 0 Å². The van der Waals surface area contributed by atoms with E-state index in [2.05, 4.69) is 0 Å². The molecule has 1 heterocycles. The Morgan fingerprint density at radius 3 is 2.33 bits per heavy atom. The summed E-state index contributed by atoms with van der Waals surface area (Å²) in [6.45, 7) is -0.0101. The van der Waals surface area contributed by atoms with Gasteiger partial charge in [0, 0.05) is 13.1 Å². The van der Waals surface area contributed by atoms with Crippen LogP contribution in [0.3, 0.4) is 0 Å². The molecule has 118 valence electrons. The minimum absolute atomic E-state index is 0.0370. The van der Waals surface area contributed by atoms with Crippen molar-refractivity contribution in [3.63, 3.8) is 0 Å². The van der Waals surface area contributed by atoms with E-state index < -0.39 is 37.8 Å². The van der Waals surface area contributed by atoms with Crippen molar-refractivity contribution in [2.45, 2.75) is 17.0 Å². The van der Waals surface area contributed by atoms with E-state index in [0.717, 1.165) is 4.31 Å². The van der Waals surface area contributed by atoms with Crippen LogP contribution >= 0.6 is 0 Å². The zero-order valence-electron chi connectivity index (χ0n) is 11.3. The van der Waals surface area contributed by atoms with Crippen molar-refractivity contribution in [3.05, 3.63) is 30.3 Å². The standard InChI is InChI=1S/C12H18N2O5S2/c13-6-7-14(11-8-20(16,17)9-12(11)15)21(18,19)10-4-2-1-3-5-10/h1-5,11-12,15H,6-9,13H2/t11-,12+/m0/s1. The molecule has 1 aliphatic rings. The predicted octanol–water partition coefficient (Wildman–Crippen LogP) is -1.21. The van der Waals surface area contributed by atoms with Crippen LogP contribution in [0.2, 0.25) is 0 Å². The minimum Gasteiger partial charge on any atom is -0.390 e. The third-order valence-corrected chi connectivity index (χ3v) is 7.00. The molecule has 1 aromatic rings. The third-order valence-electron chi connectivity index (χ3n) is 3.36. The zero-order chi connectivity index (χ0) is 15.7. The van der Waals surface area contributed by atoms with Crippen LogP contribution in [0.4, 0.5) is 0 Å². The molecule has 9 heteroatoms. The molecule has 0 unspecified atom stereocenters. The molecule has 0 aliphatic carbocycles.